The summed E-state index contributed by atoms with van der Waals surface area (Å²) in [6, 6.07) is 0.0185. The molecule has 0 amide bonds. The highest BCUT2D eigenvalue weighted by Crippen LogP contribution is 2.35. The summed E-state index contributed by atoms with van der Waals surface area (Å²) in [5.41, 5.74) is 0.977. The average molecular weight is 274 g/mol. The predicted octanol–water partition coefficient (Wildman–Crippen LogP) is 2.79. The van der Waals surface area contributed by atoms with Gasteiger partial charge in [0.25, 0.3) is 0 Å². The molecule has 0 radical (unpaired) electrons. The largest absolute Gasteiger partial charge is 0.376 e. The van der Waals surface area contributed by atoms with Crippen LogP contribution >= 0.6 is 11.6 Å². The standard InChI is InChI=1S/C13H24ClN3O/c1-7-18-12(13(2,3)4)10(15-5)11-9(14)8-16-17(11)6/h8,10,12,15H,7H2,1-6H3. The van der Waals surface area contributed by atoms with Crippen LogP contribution in [0.3, 0.4) is 0 Å². The second-order valence-electron chi connectivity index (χ2n) is 5.51. The van der Waals surface area contributed by atoms with Gasteiger partial charge in [-0.1, -0.05) is 32.4 Å². The van der Waals surface area contributed by atoms with E-state index in [4.69, 9.17) is 16.3 Å². The maximum atomic E-state index is 6.23. The zero-order valence-corrected chi connectivity index (χ0v) is 12.9. The number of halogens is 1. The summed E-state index contributed by atoms with van der Waals surface area (Å²) in [6.45, 7) is 9.19. The van der Waals surface area contributed by atoms with Gasteiger partial charge in [-0.25, -0.2) is 0 Å². The van der Waals surface area contributed by atoms with Gasteiger partial charge < -0.3 is 10.1 Å². The first-order valence-electron chi connectivity index (χ1n) is 6.29. The fourth-order valence-electron chi connectivity index (χ4n) is 2.23. The lowest BCUT2D eigenvalue weighted by atomic mass is 9.83. The van der Waals surface area contributed by atoms with Crippen LogP contribution in [0.2, 0.25) is 5.02 Å². The minimum absolute atomic E-state index is 0.0112. The predicted molar refractivity (Wildman–Crippen MR) is 74.9 cm³/mol. The van der Waals surface area contributed by atoms with Crippen molar-refractivity contribution in [1.82, 2.24) is 15.1 Å². The Hall–Kier alpha value is -0.580. The third-order valence-electron chi connectivity index (χ3n) is 3.05. The van der Waals surface area contributed by atoms with Gasteiger partial charge in [-0.15, -0.1) is 0 Å². The molecule has 0 saturated carbocycles. The summed E-state index contributed by atoms with van der Waals surface area (Å²) in [7, 11) is 3.82. The Morgan fingerprint density at radius 3 is 2.44 bits per heavy atom. The third kappa shape index (κ3) is 3.25. The zero-order valence-electron chi connectivity index (χ0n) is 12.1. The topological polar surface area (TPSA) is 39.1 Å². The first-order chi connectivity index (χ1) is 8.32. The van der Waals surface area contributed by atoms with Gasteiger partial charge in [-0.2, -0.15) is 5.10 Å². The fourth-order valence-corrected chi connectivity index (χ4v) is 2.51. The van der Waals surface area contributed by atoms with E-state index in [2.05, 4.69) is 31.2 Å². The van der Waals surface area contributed by atoms with E-state index in [9.17, 15) is 0 Å². The summed E-state index contributed by atoms with van der Waals surface area (Å²) >= 11 is 6.23. The molecule has 5 heteroatoms. The minimum Gasteiger partial charge on any atom is -0.376 e. The van der Waals surface area contributed by atoms with E-state index in [1.54, 1.807) is 10.9 Å². The van der Waals surface area contributed by atoms with Crippen LogP contribution in [0.15, 0.2) is 6.20 Å². The van der Waals surface area contributed by atoms with E-state index in [1.165, 1.54) is 0 Å². The molecule has 2 atom stereocenters. The molecule has 0 aliphatic rings. The molecule has 0 bridgehead atoms. The fraction of sp³-hybridized carbons (Fsp3) is 0.769. The molecular weight excluding hydrogens is 250 g/mol. The molecule has 0 spiro atoms. The van der Waals surface area contributed by atoms with E-state index in [0.717, 1.165) is 5.69 Å². The smallest absolute Gasteiger partial charge is 0.0835 e. The maximum absolute atomic E-state index is 6.23. The van der Waals surface area contributed by atoms with Gasteiger partial charge in [-0.3, -0.25) is 4.68 Å². The molecule has 0 aliphatic carbocycles. The van der Waals surface area contributed by atoms with E-state index >= 15 is 0 Å². The third-order valence-corrected chi connectivity index (χ3v) is 3.34. The monoisotopic (exact) mass is 273 g/mol. The Morgan fingerprint density at radius 2 is 2.11 bits per heavy atom. The first-order valence-corrected chi connectivity index (χ1v) is 6.67. The number of hydrogen-bond acceptors (Lipinski definition) is 3. The van der Waals surface area contributed by atoms with Crippen LogP contribution in [0, 0.1) is 5.41 Å². The second-order valence-corrected chi connectivity index (χ2v) is 5.92. The van der Waals surface area contributed by atoms with Crippen LogP contribution in [0.1, 0.15) is 39.4 Å². The lowest BCUT2D eigenvalue weighted by Crippen LogP contribution is -2.42. The molecule has 104 valence electrons. The van der Waals surface area contributed by atoms with E-state index in [1.807, 2.05) is 21.0 Å². The Morgan fingerprint density at radius 1 is 1.50 bits per heavy atom. The number of aromatic nitrogens is 2. The van der Waals surface area contributed by atoms with Crippen molar-refractivity contribution in [2.45, 2.75) is 39.8 Å². The van der Waals surface area contributed by atoms with E-state index in [0.29, 0.717) is 11.6 Å². The molecule has 0 aliphatic heterocycles. The van der Waals surface area contributed by atoms with Crippen LogP contribution < -0.4 is 5.32 Å². The molecule has 1 N–H and O–H groups in total. The van der Waals surface area contributed by atoms with E-state index < -0.39 is 0 Å². The summed E-state index contributed by atoms with van der Waals surface area (Å²) in [6.07, 6.45) is 1.70. The van der Waals surface area contributed by atoms with Gasteiger partial charge in [0, 0.05) is 13.7 Å². The zero-order chi connectivity index (χ0) is 13.9. The number of nitrogens with one attached hydrogen (secondary N) is 1. The van der Waals surface area contributed by atoms with Gasteiger partial charge in [-0.05, 0) is 19.4 Å². The molecule has 18 heavy (non-hydrogen) atoms. The van der Waals surface area contributed by atoms with Gasteiger partial charge in [0.15, 0.2) is 0 Å². The summed E-state index contributed by atoms with van der Waals surface area (Å²) in [4.78, 5) is 0. The molecule has 0 aromatic carbocycles. The highest BCUT2D eigenvalue weighted by molar-refractivity contribution is 6.31. The van der Waals surface area contributed by atoms with Crippen molar-refractivity contribution in [3.63, 3.8) is 0 Å². The normalized spacial score (nSPS) is 15.7. The Labute approximate surface area is 115 Å². The Kier molecular flexibility index (Phi) is 5.20. The average Bonchev–Trinajstić information content (AvgIpc) is 2.59. The number of nitrogens with zero attached hydrogens (tertiary/aromatic N) is 2. The van der Waals surface area contributed by atoms with Crippen molar-refractivity contribution >= 4 is 11.6 Å². The van der Waals surface area contributed by atoms with Gasteiger partial charge in [0.1, 0.15) is 0 Å². The number of ether oxygens (including phenoxy) is 1. The molecular formula is C13H24ClN3O. The van der Waals surface area contributed by atoms with Crippen molar-refractivity contribution in [1.29, 1.82) is 0 Å². The van der Waals surface area contributed by atoms with Crippen LogP contribution in [0.5, 0.6) is 0 Å². The lowest BCUT2D eigenvalue weighted by Gasteiger charge is -2.36. The van der Waals surface area contributed by atoms with Crippen molar-refractivity contribution < 1.29 is 4.74 Å². The molecule has 1 aromatic heterocycles. The van der Waals surface area contributed by atoms with Crippen LogP contribution in [0.4, 0.5) is 0 Å². The van der Waals surface area contributed by atoms with Crippen molar-refractivity contribution in [3.8, 4) is 0 Å². The Balaban J connectivity index is 3.14. The SMILES string of the molecule is CCOC(C(NC)c1c(Cl)cnn1C)C(C)(C)C. The summed E-state index contributed by atoms with van der Waals surface area (Å²) in [5.74, 6) is 0. The molecule has 4 nitrogen and oxygen atoms in total. The minimum atomic E-state index is 0.0112. The van der Waals surface area contributed by atoms with Crippen molar-refractivity contribution in [3.05, 3.63) is 16.9 Å². The van der Waals surface area contributed by atoms with Gasteiger partial charge >= 0.3 is 0 Å². The molecule has 2 unspecified atom stereocenters. The molecule has 0 saturated heterocycles. The molecule has 0 fully saturated rings. The first kappa shape index (κ1) is 15.5. The van der Waals surface area contributed by atoms with Crippen molar-refractivity contribution in [2.24, 2.45) is 12.5 Å². The lowest BCUT2D eigenvalue weighted by molar-refractivity contribution is -0.0366. The number of likely N-dealkylation sites (N-methyl/N-ethyl adjacent to an activating group) is 1. The maximum Gasteiger partial charge on any atom is 0.0835 e. The number of aryl methyl sites for hydroxylation is 1. The van der Waals surface area contributed by atoms with Crippen LogP contribution in [-0.4, -0.2) is 29.5 Å². The molecule has 1 aromatic rings. The van der Waals surface area contributed by atoms with E-state index in [-0.39, 0.29) is 17.6 Å². The highest BCUT2D eigenvalue weighted by Gasteiger charge is 2.35. The highest BCUT2D eigenvalue weighted by atomic mass is 35.5. The second kappa shape index (κ2) is 6.04. The Bertz CT molecular complexity index is 365. The summed E-state index contributed by atoms with van der Waals surface area (Å²) in [5, 5.41) is 8.18. The van der Waals surface area contributed by atoms with Crippen molar-refractivity contribution in [2.75, 3.05) is 13.7 Å². The van der Waals surface area contributed by atoms with Crippen LogP contribution in [0.25, 0.3) is 0 Å². The quantitative estimate of drug-likeness (QED) is 0.897. The molecule has 1 rings (SSSR count). The van der Waals surface area contributed by atoms with Crippen LogP contribution in [-0.2, 0) is 11.8 Å². The molecule has 1 heterocycles. The van der Waals surface area contributed by atoms with Gasteiger partial charge in [0.2, 0.25) is 0 Å². The summed E-state index contributed by atoms with van der Waals surface area (Å²) < 4.78 is 7.74. The number of hydrogen-bond donors (Lipinski definition) is 1. The van der Waals surface area contributed by atoms with Gasteiger partial charge in [0.05, 0.1) is 29.1 Å². The number of rotatable bonds is 5.